The van der Waals surface area contributed by atoms with E-state index in [0.29, 0.717) is 0 Å². The zero-order valence-corrected chi connectivity index (χ0v) is 10.4. The van der Waals surface area contributed by atoms with Crippen molar-refractivity contribution in [3.8, 4) is 0 Å². The standard InChI is InChI=1S/C13H21N3O/c1-2-14-13-4-3-11(9-15-13)10-16-7-5-12(17)6-8-16/h3-4,9,12,17H,2,5-8,10H2,1H3,(H,14,15). The Bertz CT molecular complexity index is 331. The first-order valence-corrected chi connectivity index (χ1v) is 6.37. The van der Waals surface area contributed by atoms with Crippen molar-refractivity contribution < 1.29 is 5.11 Å². The number of hydrogen-bond acceptors (Lipinski definition) is 4. The minimum Gasteiger partial charge on any atom is -0.393 e. The lowest BCUT2D eigenvalue weighted by molar-refractivity contribution is 0.0792. The molecule has 0 atom stereocenters. The molecule has 0 aromatic carbocycles. The van der Waals surface area contributed by atoms with Gasteiger partial charge in [-0.3, -0.25) is 4.90 Å². The molecule has 1 aromatic heterocycles. The molecule has 2 N–H and O–H groups in total. The van der Waals surface area contributed by atoms with Gasteiger partial charge in [0.1, 0.15) is 5.82 Å². The number of nitrogens with one attached hydrogen (secondary N) is 1. The second kappa shape index (κ2) is 5.98. The summed E-state index contributed by atoms with van der Waals surface area (Å²) in [7, 11) is 0. The van der Waals surface area contributed by atoms with Gasteiger partial charge in [0.25, 0.3) is 0 Å². The van der Waals surface area contributed by atoms with E-state index in [1.54, 1.807) is 0 Å². The molecule has 2 rings (SSSR count). The monoisotopic (exact) mass is 235 g/mol. The van der Waals surface area contributed by atoms with Crippen LogP contribution in [-0.2, 0) is 6.54 Å². The maximum absolute atomic E-state index is 9.44. The van der Waals surface area contributed by atoms with Crippen molar-refractivity contribution in [2.24, 2.45) is 0 Å². The minimum atomic E-state index is -0.0968. The predicted molar refractivity (Wildman–Crippen MR) is 68.9 cm³/mol. The summed E-state index contributed by atoms with van der Waals surface area (Å²) in [5.41, 5.74) is 1.24. The van der Waals surface area contributed by atoms with Crippen LogP contribution < -0.4 is 5.32 Å². The third-order valence-corrected chi connectivity index (χ3v) is 3.15. The van der Waals surface area contributed by atoms with E-state index in [-0.39, 0.29) is 6.10 Å². The first-order valence-electron chi connectivity index (χ1n) is 6.37. The molecule has 0 amide bonds. The van der Waals surface area contributed by atoms with Crippen LogP contribution in [0.1, 0.15) is 25.3 Å². The summed E-state index contributed by atoms with van der Waals surface area (Å²) in [6, 6.07) is 4.15. The fourth-order valence-corrected chi connectivity index (χ4v) is 2.14. The number of piperidine rings is 1. The second-order valence-corrected chi connectivity index (χ2v) is 4.59. The molecule has 0 bridgehead atoms. The minimum absolute atomic E-state index is 0.0968. The smallest absolute Gasteiger partial charge is 0.125 e. The normalized spacial score (nSPS) is 18.2. The summed E-state index contributed by atoms with van der Waals surface area (Å²) in [6.45, 7) is 5.86. The molecule has 1 aliphatic rings. The highest BCUT2D eigenvalue weighted by atomic mass is 16.3. The van der Waals surface area contributed by atoms with E-state index in [2.05, 4.69) is 28.2 Å². The van der Waals surface area contributed by atoms with Gasteiger partial charge in [-0.2, -0.15) is 0 Å². The average Bonchev–Trinajstić information content (AvgIpc) is 2.35. The molecule has 0 saturated carbocycles. The van der Waals surface area contributed by atoms with Crippen molar-refractivity contribution >= 4 is 5.82 Å². The van der Waals surface area contributed by atoms with Crippen LogP contribution in [0.3, 0.4) is 0 Å². The van der Waals surface area contributed by atoms with Crippen LogP contribution in [0.2, 0.25) is 0 Å². The molecule has 4 heteroatoms. The first kappa shape index (κ1) is 12.3. The summed E-state index contributed by atoms with van der Waals surface area (Å²) in [4.78, 5) is 6.73. The van der Waals surface area contributed by atoms with E-state index < -0.39 is 0 Å². The number of likely N-dealkylation sites (tertiary alicyclic amines) is 1. The van der Waals surface area contributed by atoms with Gasteiger partial charge >= 0.3 is 0 Å². The van der Waals surface area contributed by atoms with Crippen molar-refractivity contribution in [1.82, 2.24) is 9.88 Å². The third kappa shape index (κ3) is 3.68. The fraction of sp³-hybridized carbons (Fsp3) is 0.615. The zero-order valence-electron chi connectivity index (χ0n) is 10.4. The van der Waals surface area contributed by atoms with Crippen LogP contribution in [0.5, 0.6) is 0 Å². The Balaban J connectivity index is 1.86. The highest BCUT2D eigenvalue weighted by Crippen LogP contribution is 2.14. The first-order chi connectivity index (χ1) is 8.28. The van der Waals surface area contributed by atoms with Crippen LogP contribution in [0.15, 0.2) is 18.3 Å². The van der Waals surface area contributed by atoms with Gasteiger partial charge in [-0.1, -0.05) is 6.07 Å². The molecule has 1 fully saturated rings. The van der Waals surface area contributed by atoms with Crippen molar-refractivity contribution in [3.05, 3.63) is 23.9 Å². The molecule has 1 aliphatic heterocycles. The van der Waals surface area contributed by atoms with Crippen molar-refractivity contribution in [2.45, 2.75) is 32.4 Å². The molecule has 0 unspecified atom stereocenters. The van der Waals surface area contributed by atoms with E-state index in [9.17, 15) is 5.11 Å². The fourth-order valence-electron chi connectivity index (χ4n) is 2.14. The number of pyridine rings is 1. The second-order valence-electron chi connectivity index (χ2n) is 4.59. The summed E-state index contributed by atoms with van der Waals surface area (Å²) in [5, 5.41) is 12.6. The predicted octanol–water partition coefficient (Wildman–Crippen LogP) is 1.47. The Morgan fingerprint density at radius 1 is 1.41 bits per heavy atom. The van der Waals surface area contributed by atoms with E-state index in [1.807, 2.05) is 12.3 Å². The molecule has 0 spiro atoms. The van der Waals surface area contributed by atoms with Crippen molar-refractivity contribution in [3.63, 3.8) is 0 Å². The summed E-state index contributed by atoms with van der Waals surface area (Å²) in [5.74, 6) is 0.935. The Hall–Kier alpha value is -1.13. The van der Waals surface area contributed by atoms with E-state index in [1.165, 1.54) is 5.56 Å². The van der Waals surface area contributed by atoms with E-state index in [0.717, 1.165) is 44.8 Å². The van der Waals surface area contributed by atoms with Gasteiger partial charge < -0.3 is 10.4 Å². The van der Waals surface area contributed by atoms with Crippen molar-refractivity contribution in [1.29, 1.82) is 0 Å². The average molecular weight is 235 g/mol. The summed E-state index contributed by atoms with van der Waals surface area (Å²) in [6.07, 6.45) is 3.62. The highest BCUT2D eigenvalue weighted by Gasteiger charge is 2.16. The van der Waals surface area contributed by atoms with Crippen LogP contribution in [0.25, 0.3) is 0 Å². The topological polar surface area (TPSA) is 48.4 Å². The quantitative estimate of drug-likeness (QED) is 0.829. The lowest BCUT2D eigenvalue weighted by Gasteiger charge is -2.29. The maximum Gasteiger partial charge on any atom is 0.125 e. The molecule has 4 nitrogen and oxygen atoms in total. The largest absolute Gasteiger partial charge is 0.393 e. The van der Waals surface area contributed by atoms with Crippen LogP contribution >= 0.6 is 0 Å². The van der Waals surface area contributed by atoms with Gasteiger partial charge in [0.2, 0.25) is 0 Å². The highest BCUT2D eigenvalue weighted by molar-refractivity contribution is 5.35. The van der Waals surface area contributed by atoms with Gasteiger partial charge in [-0.05, 0) is 31.4 Å². The molecule has 0 radical (unpaired) electrons. The number of rotatable bonds is 4. The number of anilines is 1. The number of aliphatic hydroxyl groups is 1. The number of nitrogens with zero attached hydrogens (tertiary/aromatic N) is 2. The lowest BCUT2D eigenvalue weighted by Crippen LogP contribution is -2.35. The molecular formula is C13H21N3O. The molecule has 2 heterocycles. The van der Waals surface area contributed by atoms with Crippen LogP contribution in [-0.4, -0.2) is 40.7 Å². The molecular weight excluding hydrogens is 214 g/mol. The Morgan fingerprint density at radius 2 is 2.18 bits per heavy atom. The molecule has 0 aliphatic carbocycles. The van der Waals surface area contributed by atoms with E-state index >= 15 is 0 Å². The van der Waals surface area contributed by atoms with Gasteiger partial charge in [-0.15, -0.1) is 0 Å². The zero-order chi connectivity index (χ0) is 12.1. The Morgan fingerprint density at radius 3 is 2.76 bits per heavy atom. The SMILES string of the molecule is CCNc1ccc(CN2CCC(O)CC2)cn1. The van der Waals surface area contributed by atoms with Gasteiger partial charge in [0.05, 0.1) is 6.10 Å². The number of aliphatic hydroxyl groups excluding tert-OH is 1. The van der Waals surface area contributed by atoms with Gasteiger partial charge in [0, 0.05) is 32.4 Å². The van der Waals surface area contributed by atoms with Gasteiger partial charge in [-0.25, -0.2) is 4.98 Å². The number of hydrogen-bond donors (Lipinski definition) is 2. The van der Waals surface area contributed by atoms with E-state index in [4.69, 9.17) is 0 Å². The molecule has 1 aromatic rings. The van der Waals surface area contributed by atoms with Crippen LogP contribution in [0.4, 0.5) is 5.82 Å². The number of aromatic nitrogens is 1. The maximum atomic E-state index is 9.44. The van der Waals surface area contributed by atoms with Crippen LogP contribution in [0, 0.1) is 0 Å². The molecule has 17 heavy (non-hydrogen) atoms. The summed E-state index contributed by atoms with van der Waals surface area (Å²) < 4.78 is 0. The third-order valence-electron chi connectivity index (χ3n) is 3.15. The summed E-state index contributed by atoms with van der Waals surface area (Å²) >= 11 is 0. The Labute approximate surface area is 103 Å². The lowest BCUT2D eigenvalue weighted by atomic mass is 10.1. The van der Waals surface area contributed by atoms with Gasteiger partial charge in [0.15, 0.2) is 0 Å². The van der Waals surface area contributed by atoms with Crippen molar-refractivity contribution in [2.75, 3.05) is 25.0 Å². The molecule has 94 valence electrons. The Kier molecular flexibility index (Phi) is 4.34. The molecule has 1 saturated heterocycles.